The normalized spacial score (nSPS) is 24.2. The Bertz CT molecular complexity index is 625. The van der Waals surface area contributed by atoms with Gasteiger partial charge in [-0.15, -0.1) is 0 Å². The lowest BCUT2D eigenvalue weighted by Crippen LogP contribution is -2.34. The average Bonchev–Trinajstić information content (AvgIpc) is 3.01. The van der Waals surface area contributed by atoms with Gasteiger partial charge in [-0.2, -0.15) is 0 Å². The summed E-state index contributed by atoms with van der Waals surface area (Å²) in [5.41, 5.74) is 0.263. The van der Waals surface area contributed by atoms with Gasteiger partial charge in [0.2, 0.25) is 12.0 Å². The zero-order chi connectivity index (χ0) is 14.3. The molecule has 2 aliphatic heterocycles. The van der Waals surface area contributed by atoms with E-state index >= 15 is 0 Å². The van der Waals surface area contributed by atoms with Crippen LogP contribution in [0.2, 0.25) is 0 Å². The second kappa shape index (κ2) is 4.44. The molecule has 2 heterocycles. The highest BCUT2D eigenvalue weighted by atomic mass is 16.7. The van der Waals surface area contributed by atoms with E-state index < -0.39 is 29.8 Å². The van der Waals surface area contributed by atoms with E-state index in [-0.39, 0.29) is 5.71 Å². The Kier molecular flexibility index (Phi) is 2.74. The van der Waals surface area contributed by atoms with Gasteiger partial charge in [0.25, 0.3) is 5.91 Å². The molecule has 2 amide bonds. The molecule has 0 radical (unpaired) electrons. The Balaban J connectivity index is 1.97. The van der Waals surface area contributed by atoms with Crippen LogP contribution in [-0.2, 0) is 24.0 Å². The van der Waals surface area contributed by atoms with Gasteiger partial charge in [0.05, 0.1) is 12.8 Å². The molecular formula is C13H10N2O5. The second-order valence-corrected chi connectivity index (χ2v) is 4.32. The molecular weight excluding hydrogens is 264 g/mol. The van der Waals surface area contributed by atoms with E-state index in [1.54, 1.807) is 30.3 Å². The van der Waals surface area contributed by atoms with Gasteiger partial charge in [0.1, 0.15) is 5.92 Å². The number of ether oxygens (including phenoxy) is 1. The maximum atomic E-state index is 12.4. The summed E-state index contributed by atoms with van der Waals surface area (Å²) in [5, 5.41) is 3.49. The van der Waals surface area contributed by atoms with Gasteiger partial charge in [-0.1, -0.05) is 23.4 Å². The van der Waals surface area contributed by atoms with Crippen LogP contribution in [-0.4, -0.2) is 36.7 Å². The largest absolute Gasteiger partial charge is 0.464 e. The van der Waals surface area contributed by atoms with E-state index in [1.165, 1.54) is 7.11 Å². The molecule has 1 aromatic rings. The van der Waals surface area contributed by atoms with E-state index in [4.69, 9.17) is 4.84 Å². The van der Waals surface area contributed by atoms with Crippen LogP contribution in [0.4, 0.5) is 5.69 Å². The monoisotopic (exact) mass is 274 g/mol. The third-order valence-electron chi connectivity index (χ3n) is 3.22. The number of imide groups is 1. The number of rotatable bonds is 2. The number of oxime groups is 1. The number of methoxy groups -OCH3 is 1. The van der Waals surface area contributed by atoms with Crippen molar-refractivity contribution in [1.29, 1.82) is 0 Å². The number of nitrogens with zero attached hydrogens (tertiary/aromatic N) is 2. The summed E-state index contributed by atoms with van der Waals surface area (Å²) in [6.07, 6.45) is -1.09. The minimum Gasteiger partial charge on any atom is -0.464 e. The fourth-order valence-electron chi connectivity index (χ4n) is 2.28. The molecule has 1 aromatic carbocycles. The van der Waals surface area contributed by atoms with Crippen LogP contribution in [0.15, 0.2) is 35.5 Å². The van der Waals surface area contributed by atoms with Crippen molar-refractivity contribution in [3.63, 3.8) is 0 Å². The maximum Gasteiger partial charge on any atom is 0.356 e. The summed E-state index contributed by atoms with van der Waals surface area (Å²) in [6.45, 7) is 0. The molecule has 7 nitrogen and oxygen atoms in total. The number of hydrogen-bond donors (Lipinski definition) is 0. The minimum absolute atomic E-state index is 0.172. The van der Waals surface area contributed by atoms with Crippen LogP contribution in [0, 0.1) is 5.92 Å². The lowest BCUT2D eigenvalue weighted by atomic mass is 10.00. The molecule has 20 heavy (non-hydrogen) atoms. The molecule has 1 fully saturated rings. The fourth-order valence-corrected chi connectivity index (χ4v) is 2.28. The molecule has 0 aromatic heterocycles. The highest BCUT2D eigenvalue weighted by molar-refractivity contribution is 6.46. The predicted molar refractivity (Wildman–Crippen MR) is 66.7 cm³/mol. The Hall–Kier alpha value is -2.70. The van der Waals surface area contributed by atoms with Crippen molar-refractivity contribution in [3.8, 4) is 0 Å². The first-order chi connectivity index (χ1) is 9.65. The van der Waals surface area contributed by atoms with Crippen molar-refractivity contribution < 1.29 is 24.0 Å². The summed E-state index contributed by atoms with van der Waals surface area (Å²) >= 11 is 0. The summed E-state index contributed by atoms with van der Waals surface area (Å²) < 4.78 is 4.54. The van der Waals surface area contributed by atoms with Crippen LogP contribution in [0.1, 0.15) is 0 Å². The summed E-state index contributed by atoms with van der Waals surface area (Å²) in [5.74, 6) is -2.87. The number of amides is 2. The Morgan fingerprint density at radius 2 is 1.95 bits per heavy atom. The van der Waals surface area contributed by atoms with Crippen LogP contribution in [0.5, 0.6) is 0 Å². The number of esters is 1. The predicted octanol–water partition coefficient (Wildman–Crippen LogP) is 0.104. The van der Waals surface area contributed by atoms with Gasteiger partial charge in [-0.3, -0.25) is 9.59 Å². The van der Waals surface area contributed by atoms with E-state index in [0.717, 1.165) is 4.90 Å². The Morgan fingerprint density at radius 3 is 2.60 bits per heavy atom. The number of carbonyl (C=O) groups is 3. The molecule has 0 spiro atoms. The zero-order valence-electron chi connectivity index (χ0n) is 10.5. The lowest BCUT2D eigenvalue weighted by Gasteiger charge is -2.14. The molecule has 0 bridgehead atoms. The quantitative estimate of drug-likeness (QED) is 0.564. The van der Waals surface area contributed by atoms with Crippen molar-refractivity contribution in [1.82, 2.24) is 0 Å². The molecule has 2 unspecified atom stereocenters. The third kappa shape index (κ3) is 1.59. The first-order valence-corrected chi connectivity index (χ1v) is 5.90. The molecule has 3 rings (SSSR count). The number of hydrogen-bond acceptors (Lipinski definition) is 6. The average molecular weight is 274 g/mol. The van der Waals surface area contributed by atoms with Crippen molar-refractivity contribution in [2.75, 3.05) is 12.0 Å². The van der Waals surface area contributed by atoms with Gasteiger partial charge < -0.3 is 9.57 Å². The summed E-state index contributed by atoms with van der Waals surface area (Å²) in [7, 11) is 1.17. The molecule has 0 N–H and O–H groups in total. The SMILES string of the molecule is COC(=O)C1=NOC2C(=O)N(c3ccccc3)C(=O)C12. The molecule has 2 atom stereocenters. The molecule has 1 saturated heterocycles. The van der Waals surface area contributed by atoms with Gasteiger partial charge >= 0.3 is 5.97 Å². The van der Waals surface area contributed by atoms with Gasteiger partial charge in [0.15, 0.2) is 5.71 Å². The van der Waals surface area contributed by atoms with Crippen molar-refractivity contribution >= 4 is 29.2 Å². The number of benzene rings is 1. The number of fused-ring (bicyclic) bond motifs is 1. The van der Waals surface area contributed by atoms with Crippen molar-refractivity contribution in [2.24, 2.45) is 11.1 Å². The van der Waals surface area contributed by atoms with Gasteiger partial charge in [-0.25, -0.2) is 9.69 Å². The van der Waals surface area contributed by atoms with Crippen molar-refractivity contribution in [2.45, 2.75) is 6.10 Å². The smallest absolute Gasteiger partial charge is 0.356 e. The van der Waals surface area contributed by atoms with E-state index in [0.29, 0.717) is 5.69 Å². The third-order valence-corrected chi connectivity index (χ3v) is 3.22. The number of carbonyl (C=O) groups excluding carboxylic acids is 3. The number of para-hydroxylation sites is 1. The van der Waals surface area contributed by atoms with Crippen LogP contribution in [0.3, 0.4) is 0 Å². The number of anilines is 1. The molecule has 7 heteroatoms. The summed E-state index contributed by atoms with van der Waals surface area (Å²) in [6, 6.07) is 8.45. The highest BCUT2D eigenvalue weighted by Crippen LogP contribution is 2.33. The van der Waals surface area contributed by atoms with E-state index in [2.05, 4.69) is 9.89 Å². The first kappa shape index (κ1) is 12.3. The second-order valence-electron chi connectivity index (χ2n) is 4.32. The van der Waals surface area contributed by atoms with E-state index in [1.807, 2.05) is 0 Å². The standard InChI is InChI=1S/C13H10N2O5/c1-19-13(18)9-8-10(20-14-9)12(17)15(11(8)16)7-5-3-2-4-6-7/h2-6,8,10H,1H3. The maximum absolute atomic E-state index is 12.4. The van der Waals surface area contributed by atoms with E-state index in [9.17, 15) is 14.4 Å². The summed E-state index contributed by atoms with van der Waals surface area (Å²) in [4.78, 5) is 42.0. The minimum atomic E-state index is -1.09. The molecule has 0 saturated carbocycles. The van der Waals surface area contributed by atoms with Crippen LogP contribution in [0.25, 0.3) is 0 Å². The molecule has 2 aliphatic rings. The van der Waals surface area contributed by atoms with Gasteiger partial charge in [-0.05, 0) is 12.1 Å². The molecule has 0 aliphatic carbocycles. The highest BCUT2D eigenvalue weighted by Gasteiger charge is 2.57. The van der Waals surface area contributed by atoms with Crippen molar-refractivity contribution in [3.05, 3.63) is 30.3 Å². The Labute approximate surface area is 113 Å². The van der Waals surface area contributed by atoms with Crippen LogP contribution >= 0.6 is 0 Å². The van der Waals surface area contributed by atoms with Gasteiger partial charge in [0, 0.05) is 0 Å². The molecule has 102 valence electrons. The Morgan fingerprint density at radius 1 is 1.25 bits per heavy atom. The first-order valence-electron chi connectivity index (χ1n) is 5.90. The van der Waals surface area contributed by atoms with Crippen LogP contribution < -0.4 is 4.90 Å². The topological polar surface area (TPSA) is 85.3 Å². The fraction of sp³-hybridized carbons (Fsp3) is 0.231. The lowest BCUT2D eigenvalue weighted by molar-refractivity contribution is -0.133. The zero-order valence-corrected chi connectivity index (χ0v) is 10.5.